The molecule has 0 amide bonds. The molecule has 2 aliphatic rings. The normalized spacial score (nSPS) is 37.9. The molecule has 12 heavy (non-hydrogen) atoms. The molecule has 68 valence electrons. The fourth-order valence-corrected chi connectivity index (χ4v) is 1.82. The van der Waals surface area contributed by atoms with Gasteiger partial charge in [-0.1, -0.05) is 0 Å². The lowest BCUT2D eigenvalue weighted by atomic mass is 10.2. The summed E-state index contributed by atoms with van der Waals surface area (Å²) in [5.41, 5.74) is 0. The highest BCUT2D eigenvalue weighted by Gasteiger charge is 2.35. The number of hydrogen-bond donors (Lipinski definition) is 1. The van der Waals surface area contributed by atoms with Crippen molar-refractivity contribution < 1.29 is 14.6 Å². The maximum Gasteiger partial charge on any atom is 0.148 e. The summed E-state index contributed by atoms with van der Waals surface area (Å²) >= 11 is 0. The Balaban J connectivity index is 1.95. The number of ether oxygens (including phenoxy) is 1. The molecule has 4 nitrogen and oxygen atoms in total. The van der Waals surface area contributed by atoms with Crippen LogP contribution in [-0.4, -0.2) is 54.2 Å². The van der Waals surface area contributed by atoms with E-state index in [2.05, 4.69) is 0 Å². The molecule has 0 radical (unpaired) electrons. The van der Waals surface area contributed by atoms with Crippen LogP contribution in [0.25, 0.3) is 0 Å². The molecule has 2 rings (SSSR count). The lowest BCUT2D eigenvalue weighted by Gasteiger charge is -2.23. The minimum atomic E-state index is -0.407. The van der Waals surface area contributed by atoms with Gasteiger partial charge in [0.15, 0.2) is 0 Å². The number of aliphatic hydroxyl groups excluding tert-OH is 1. The second kappa shape index (κ2) is 3.12. The Labute approximate surface area is 71.1 Å². The van der Waals surface area contributed by atoms with Gasteiger partial charge in [0.1, 0.15) is 5.78 Å². The molecule has 2 unspecified atom stereocenters. The first kappa shape index (κ1) is 8.16. The Morgan fingerprint density at radius 3 is 2.83 bits per heavy atom. The van der Waals surface area contributed by atoms with Crippen molar-refractivity contribution >= 4 is 5.78 Å². The number of ketones is 1. The van der Waals surface area contributed by atoms with E-state index in [1.807, 2.05) is 4.90 Å². The topological polar surface area (TPSA) is 49.8 Å². The van der Waals surface area contributed by atoms with E-state index in [1.165, 1.54) is 0 Å². The van der Waals surface area contributed by atoms with E-state index in [9.17, 15) is 9.90 Å². The first-order chi connectivity index (χ1) is 5.77. The lowest BCUT2D eigenvalue weighted by Crippen LogP contribution is -2.41. The SMILES string of the molecule is O=C1CCN(C2COCC2O)C1. The van der Waals surface area contributed by atoms with E-state index in [4.69, 9.17) is 4.74 Å². The van der Waals surface area contributed by atoms with Gasteiger partial charge in [-0.15, -0.1) is 0 Å². The Morgan fingerprint density at radius 2 is 2.33 bits per heavy atom. The largest absolute Gasteiger partial charge is 0.389 e. The van der Waals surface area contributed by atoms with Crippen LogP contribution in [0.15, 0.2) is 0 Å². The molecule has 2 saturated heterocycles. The Hall–Kier alpha value is -0.450. The number of hydrogen-bond acceptors (Lipinski definition) is 4. The first-order valence-electron chi connectivity index (χ1n) is 4.29. The summed E-state index contributed by atoms with van der Waals surface area (Å²) in [6.45, 7) is 2.25. The molecular formula is C8H13NO3. The predicted molar refractivity (Wildman–Crippen MR) is 41.8 cm³/mol. The third-order valence-corrected chi connectivity index (χ3v) is 2.55. The van der Waals surface area contributed by atoms with Crippen LogP contribution in [0.4, 0.5) is 0 Å². The monoisotopic (exact) mass is 171 g/mol. The van der Waals surface area contributed by atoms with Gasteiger partial charge in [0, 0.05) is 13.0 Å². The fourth-order valence-electron chi connectivity index (χ4n) is 1.82. The number of nitrogens with zero attached hydrogens (tertiary/aromatic N) is 1. The summed E-state index contributed by atoms with van der Waals surface area (Å²) in [5.74, 6) is 0.272. The molecule has 0 aromatic rings. The highest BCUT2D eigenvalue weighted by molar-refractivity contribution is 5.82. The van der Waals surface area contributed by atoms with Crippen molar-refractivity contribution in [1.82, 2.24) is 4.90 Å². The zero-order valence-electron chi connectivity index (χ0n) is 6.90. The zero-order chi connectivity index (χ0) is 8.55. The molecule has 2 heterocycles. The standard InChI is InChI=1S/C8H13NO3/c10-6-1-2-9(3-6)7-4-12-5-8(7)11/h7-8,11H,1-5H2. The van der Waals surface area contributed by atoms with E-state index in [0.29, 0.717) is 26.2 Å². The molecule has 1 N–H and O–H groups in total. The molecule has 0 aromatic carbocycles. The molecule has 2 atom stereocenters. The molecule has 0 saturated carbocycles. The summed E-state index contributed by atoms with van der Waals surface area (Å²) in [7, 11) is 0. The summed E-state index contributed by atoms with van der Waals surface area (Å²) in [4.78, 5) is 13.0. The minimum absolute atomic E-state index is 0.0523. The molecular weight excluding hydrogens is 158 g/mol. The Bertz CT molecular complexity index is 195. The van der Waals surface area contributed by atoms with Crippen molar-refractivity contribution in [3.05, 3.63) is 0 Å². The summed E-state index contributed by atoms with van der Waals surface area (Å²) in [6, 6.07) is 0.0523. The molecule has 2 fully saturated rings. The summed E-state index contributed by atoms with van der Waals surface area (Å²) < 4.78 is 5.11. The lowest BCUT2D eigenvalue weighted by molar-refractivity contribution is -0.117. The second-order valence-corrected chi connectivity index (χ2v) is 3.43. The molecule has 4 heteroatoms. The van der Waals surface area contributed by atoms with Crippen LogP contribution in [0.2, 0.25) is 0 Å². The van der Waals surface area contributed by atoms with Crippen LogP contribution < -0.4 is 0 Å². The van der Waals surface area contributed by atoms with Gasteiger partial charge in [0.2, 0.25) is 0 Å². The Morgan fingerprint density at radius 1 is 1.50 bits per heavy atom. The summed E-state index contributed by atoms with van der Waals surface area (Å²) in [5, 5.41) is 9.46. The van der Waals surface area contributed by atoms with Gasteiger partial charge in [-0.05, 0) is 0 Å². The third-order valence-electron chi connectivity index (χ3n) is 2.55. The Kier molecular flexibility index (Phi) is 2.12. The number of aliphatic hydroxyl groups is 1. The van der Waals surface area contributed by atoms with Crippen LogP contribution in [-0.2, 0) is 9.53 Å². The van der Waals surface area contributed by atoms with Crippen LogP contribution in [0.5, 0.6) is 0 Å². The number of Topliss-reactive ketones (excluding diaryl/α,β-unsaturated/α-hetero) is 1. The quantitative estimate of drug-likeness (QED) is 0.551. The molecule has 0 bridgehead atoms. The average molecular weight is 171 g/mol. The van der Waals surface area contributed by atoms with E-state index in [0.717, 1.165) is 6.54 Å². The van der Waals surface area contributed by atoms with Gasteiger partial charge in [-0.2, -0.15) is 0 Å². The zero-order valence-corrected chi connectivity index (χ0v) is 6.90. The van der Waals surface area contributed by atoms with Crippen LogP contribution >= 0.6 is 0 Å². The van der Waals surface area contributed by atoms with E-state index < -0.39 is 6.10 Å². The molecule has 0 aromatic heterocycles. The van der Waals surface area contributed by atoms with E-state index >= 15 is 0 Å². The minimum Gasteiger partial charge on any atom is -0.389 e. The van der Waals surface area contributed by atoms with Crippen molar-refractivity contribution in [1.29, 1.82) is 0 Å². The third kappa shape index (κ3) is 1.37. The maximum absolute atomic E-state index is 11.0. The molecule has 2 aliphatic heterocycles. The number of likely N-dealkylation sites (tertiary alicyclic amines) is 1. The van der Waals surface area contributed by atoms with Crippen LogP contribution in [0.3, 0.4) is 0 Å². The van der Waals surface area contributed by atoms with Crippen LogP contribution in [0, 0.1) is 0 Å². The second-order valence-electron chi connectivity index (χ2n) is 3.43. The number of carbonyl (C=O) groups excluding carboxylic acids is 1. The number of carbonyl (C=O) groups is 1. The maximum atomic E-state index is 11.0. The van der Waals surface area contributed by atoms with Gasteiger partial charge < -0.3 is 9.84 Å². The van der Waals surface area contributed by atoms with Gasteiger partial charge in [-0.25, -0.2) is 0 Å². The van der Waals surface area contributed by atoms with Gasteiger partial charge in [-0.3, -0.25) is 9.69 Å². The summed E-state index contributed by atoms with van der Waals surface area (Å²) in [6.07, 6.45) is 0.222. The highest BCUT2D eigenvalue weighted by atomic mass is 16.5. The van der Waals surface area contributed by atoms with Crippen molar-refractivity contribution in [3.8, 4) is 0 Å². The predicted octanol–water partition coefficient (Wildman–Crippen LogP) is -0.979. The molecule has 0 aliphatic carbocycles. The van der Waals surface area contributed by atoms with Crippen molar-refractivity contribution in [2.24, 2.45) is 0 Å². The van der Waals surface area contributed by atoms with Crippen molar-refractivity contribution in [3.63, 3.8) is 0 Å². The average Bonchev–Trinajstić information content (AvgIpc) is 2.58. The fraction of sp³-hybridized carbons (Fsp3) is 0.875. The van der Waals surface area contributed by atoms with Gasteiger partial charge in [0.05, 0.1) is 31.9 Å². The number of rotatable bonds is 1. The highest BCUT2D eigenvalue weighted by Crippen LogP contribution is 2.17. The van der Waals surface area contributed by atoms with E-state index in [1.54, 1.807) is 0 Å². The van der Waals surface area contributed by atoms with Gasteiger partial charge >= 0.3 is 0 Å². The smallest absolute Gasteiger partial charge is 0.148 e. The van der Waals surface area contributed by atoms with Crippen LogP contribution in [0.1, 0.15) is 6.42 Å². The van der Waals surface area contributed by atoms with Crippen molar-refractivity contribution in [2.45, 2.75) is 18.6 Å². The molecule has 0 spiro atoms. The van der Waals surface area contributed by atoms with Crippen molar-refractivity contribution in [2.75, 3.05) is 26.3 Å². The van der Waals surface area contributed by atoms with E-state index in [-0.39, 0.29) is 11.8 Å². The first-order valence-corrected chi connectivity index (χ1v) is 4.29. The van der Waals surface area contributed by atoms with Gasteiger partial charge in [0.25, 0.3) is 0 Å².